The number of rotatable bonds is 1. The molecule has 0 saturated carbocycles. The number of carbonyl (C=O) groups excluding carboxylic acids is 1. The SMILES string of the molecule is CCC(=[OH+])SC. The number of hydrogen-bond acceptors (Lipinski definition) is 1. The Hall–Kier alpha value is 0.0200. The van der Waals surface area contributed by atoms with Gasteiger partial charge in [-0.3, -0.25) is 4.79 Å². The van der Waals surface area contributed by atoms with E-state index in [1.54, 1.807) is 0 Å². The summed E-state index contributed by atoms with van der Waals surface area (Å²) in [7, 11) is 0. The summed E-state index contributed by atoms with van der Waals surface area (Å²) < 4.78 is 0. The Kier molecular flexibility index (Phi) is 3.23. The van der Waals surface area contributed by atoms with Gasteiger partial charge in [-0.15, -0.1) is 0 Å². The molecule has 0 unspecified atom stereocenters. The molecular weight excluding hydrogens is 96.1 g/mol. The molecule has 0 spiro atoms. The molecule has 0 bridgehead atoms. The van der Waals surface area contributed by atoms with E-state index in [9.17, 15) is 0 Å². The summed E-state index contributed by atoms with van der Waals surface area (Å²) in [6.45, 7) is 1.92. The van der Waals surface area contributed by atoms with E-state index in [4.69, 9.17) is 4.79 Å². The average molecular weight is 105 g/mol. The van der Waals surface area contributed by atoms with Gasteiger partial charge in [-0.1, -0.05) is 6.92 Å². The highest BCUT2D eigenvalue weighted by atomic mass is 32.2. The van der Waals surface area contributed by atoms with Gasteiger partial charge < -0.3 is 0 Å². The highest BCUT2D eigenvalue weighted by Crippen LogP contribution is 1.95. The van der Waals surface area contributed by atoms with Crippen molar-refractivity contribution < 1.29 is 4.79 Å². The van der Waals surface area contributed by atoms with Gasteiger partial charge in [-0.2, -0.15) is 0 Å². The van der Waals surface area contributed by atoms with E-state index in [1.807, 2.05) is 13.2 Å². The summed E-state index contributed by atoms with van der Waals surface area (Å²) in [5.74, 6) is 0. The molecule has 0 amide bonds. The van der Waals surface area contributed by atoms with Gasteiger partial charge in [0.1, 0.15) is 0 Å². The van der Waals surface area contributed by atoms with E-state index in [2.05, 4.69) is 0 Å². The van der Waals surface area contributed by atoms with Gasteiger partial charge in [0, 0.05) is 0 Å². The Labute approximate surface area is 42.1 Å². The Balaban J connectivity index is 2.99. The summed E-state index contributed by atoms with van der Waals surface area (Å²) in [5.41, 5.74) is 0. The lowest BCUT2D eigenvalue weighted by Gasteiger charge is -1.73. The molecule has 0 aliphatic rings. The van der Waals surface area contributed by atoms with Crippen LogP contribution in [0.25, 0.3) is 0 Å². The molecule has 0 fully saturated rings. The second-order valence-corrected chi connectivity index (χ2v) is 1.83. The first kappa shape index (κ1) is 6.02. The van der Waals surface area contributed by atoms with Crippen molar-refractivity contribution in [3.05, 3.63) is 0 Å². The van der Waals surface area contributed by atoms with Crippen LogP contribution < -0.4 is 0 Å². The zero-order valence-corrected chi connectivity index (χ0v) is 4.88. The second-order valence-electron chi connectivity index (χ2n) is 0.951. The van der Waals surface area contributed by atoms with Crippen LogP contribution in [0.15, 0.2) is 0 Å². The Morgan fingerprint density at radius 2 is 2.33 bits per heavy atom. The minimum absolute atomic E-state index is 0.509. The van der Waals surface area contributed by atoms with Crippen molar-refractivity contribution in [2.75, 3.05) is 6.26 Å². The van der Waals surface area contributed by atoms with Crippen LogP contribution in [0.4, 0.5) is 0 Å². The maximum absolute atomic E-state index is 8.55. The maximum Gasteiger partial charge on any atom is 0.350 e. The van der Waals surface area contributed by atoms with E-state index in [1.165, 1.54) is 11.8 Å². The van der Waals surface area contributed by atoms with Crippen molar-refractivity contribution in [3.8, 4) is 0 Å². The maximum atomic E-state index is 8.55. The first-order valence-corrected chi connectivity index (χ1v) is 3.12. The summed E-state index contributed by atoms with van der Waals surface area (Å²) in [5, 5.41) is 0.509. The summed E-state index contributed by atoms with van der Waals surface area (Å²) in [6.07, 6.45) is 2.62. The van der Waals surface area contributed by atoms with Crippen molar-refractivity contribution in [2.24, 2.45) is 0 Å². The Morgan fingerprint density at radius 3 is 2.33 bits per heavy atom. The van der Waals surface area contributed by atoms with E-state index in [0.717, 1.165) is 6.42 Å². The van der Waals surface area contributed by atoms with Crippen LogP contribution in [-0.2, 0) is 0 Å². The van der Waals surface area contributed by atoms with Gasteiger partial charge in [0.15, 0.2) is 0 Å². The lowest BCUT2D eigenvalue weighted by Crippen LogP contribution is -1.82. The normalized spacial score (nSPS) is 8.33. The van der Waals surface area contributed by atoms with Crippen molar-refractivity contribution in [2.45, 2.75) is 13.3 Å². The molecule has 36 valence electrons. The van der Waals surface area contributed by atoms with Gasteiger partial charge in [0.25, 0.3) is 0 Å². The Bertz CT molecular complexity index is 45.5. The number of thioether (sulfide) groups is 1. The molecule has 0 atom stereocenters. The highest BCUT2D eigenvalue weighted by Gasteiger charge is 1.96. The molecule has 0 saturated heterocycles. The molecule has 0 rings (SSSR count). The fourth-order valence-corrected chi connectivity index (χ4v) is 0.433. The zero-order chi connectivity index (χ0) is 4.99. The van der Waals surface area contributed by atoms with Crippen LogP contribution in [0.5, 0.6) is 0 Å². The van der Waals surface area contributed by atoms with E-state index in [0.29, 0.717) is 5.12 Å². The molecular formula is C4H9OS+. The van der Waals surface area contributed by atoms with Crippen molar-refractivity contribution in [3.63, 3.8) is 0 Å². The Morgan fingerprint density at radius 1 is 1.83 bits per heavy atom. The third-order valence-corrected chi connectivity index (χ3v) is 1.30. The van der Waals surface area contributed by atoms with Crippen LogP contribution in [0.2, 0.25) is 0 Å². The molecule has 1 N–H and O–H groups in total. The van der Waals surface area contributed by atoms with Gasteiger partial charge in [0.05, 0.1) is 6.42 Å². The van der Waals surface area contributed by atoms with E-state index < -0.39 is 0 Å². The third-order valence-electron chi connectivity index (χ3n) is 0.538. The number of hydrogen-bond donors (Lipinski definition) is 0. The third kappa shape index (κ3) is 2.27. The quantitative estimate of drug-likeness (QED) is 0.460. The molecule has 1 nitrogen and oxygen atoms in total. The molecule has 0 aromatic heterocycles. The second kappa shape index (κ2) is 3.22. The minimum atomic E-state index is 0.509. The summed E-state index contributed by atoms with van der Waals surface area (Å²) in [4.78, 5) is 8.55. The van der Waals surface area contributed by atoms with Crippen molar-refractivity contribution in [1.29, 1.82) is 0 Å². The molecule has 0 aromatic carbocycles. The lowest BCUT2D eigenvalue weighted by molar-refractivity contribution is 0.677. The van der Waals surface area contributed by atoms with E-state index >= 15 is 0 Å². The molecule has 2 heteroatoms. The summed E-state index contributed by atoms with van der Waals surface area (Å²) >= 11 is 1.40. The van der Waals surface area contributed by atoms with Crippen LogP contribution in [-0.4, -0.2) is 16.2 Å². The van der Waals surface area contributed by atoms with Crippen LogP contribution in [0, 0.1) is 0 Å². The van der Waals surface area contributed by atoms with Gasteiger partial charge in [0.2, 0.25) is 0 Å². The monoisotopic (exact) mass is 105 g/mol. The predicted octanol–water partition coefficient (Wildman–Crippen LogP) is 1.26. The molecule has 0 radical (unpaired) electrons. The molecule has 0 aliphatic carbocycles. The van der Waals surface area contributed by atoms with Gasteiger partial charge >= 0.3 is 5.12 Å². The fraction of sp³-hybridized carbons (Fsp3) is 0.750. The van der Waals surface area contributed by atoms with Crippen molar-refractivity contribution in [1.82, 2.24) is 0 Å². The largest absolute Gasteiger partial charge is 0.350 e. The first-order valence-electron chi connectivity index (χ1n) is 1.90. The van der Waals surface area contributed by atoms with Crippen LogP contribution in [0.3, 0.4) is 0 Å². The topological polar surface area (TPSA) is 21.4 Å². The van der Waals surface area contributed by atoms with E-state index in [-0.39, 0.29) is 0 Å². The molecule has 6 heavy (non-hydrogen) atoms. The summed E-state index contributed by atoms with van der Waals surface area (Å²) in [6, 6.07) is 0. The fourth-order valence-electron chi connectivity index (χ4n) is 0.144. The lowest BCUT2D eigenvalue weighted by atomic mass is 10.6. The van der Waals surface area contributed by atoms with Gasteiger partial charge in [-0.25, -0.2) is 0 Å². The molecule has 0 heterocycles. The standard InChI is InChI=1S/C4H8OS/c1-3-4(5)6-2/h3H2,1-2H3/p+1. The van der Waals surface area contributed by atoms with Crippen molar-refractivity contribution >= 4 is 16.9 Å². The zero-order valence-electron chi connectivity index (χ0n) is 4.06. The smallest absolute Gasteiger partial charge is 0.272 e. The van der Waals surface area contributed by atoms with Crippen LogP contribution >= 0.6 is 11.8 Å². The predicted molar refractivity (Wildman–Crippen MR) is 30.7 cm³/mol. The average Bonchev–Trinajstić information content (AvgIpc) is 1.65. The highest BCUT2D eigenvalue weighted by molar-refractivity contribution is 8.13. The first-order chi connectivity index (χ1) is 2.81. The van der Waals surface area contributed by atoms with Gasteiger partial charge in [-0.05, 0) is 18.0 Å². The van der Waals surface area contributed by atoms with Crippen LogP contribution in [0.1, 0.15) is 13.3 Å². The molecule has 0 aliphatic heterocycles. The molecule has 0 aromatic rings. The minimum Gasteiger partial charge on any atom is -0.272 e.